The summed E-state index contributed by atoms with van der Waals surface area (Å²) in [5.41, 5.74) is 2.74. The highest BCUT2D eigenvalue weighted by Crippen LogP contribution is 2.35. The molecular formula is C29H35N3O2. The smallest absolute Gasteiger partial charge is 0.289 e. The van der Waals surface area contributed by atoms with Crippen molar-refractivity contribution < 1.29 is 9.21 Å². The first-order valence-electron chi connectivity index (χ1n) is 12.5. The summed E-state index contributed by atoms with van der Waals surface area (Å²) in [6.07, 6.45) is 2.17. The molecule has 5 heteroatoms. The Morgan fingerprint density at radius 1 is 0.971 bits per heavy atom. The van der Waals surface area contributed by atoms with Crippen molar-refractivity contribution in [2.24, 2.45) is 0 Å². The number of benzene rings is 2. The number of nitrogens with zero attached hydrogens (tertiary/aromatic N) is 2. The molecule has 34 heavy (non-hydrogen) atoms. The van der Waals surface area contributed by atoms with Gasteiger partial charge in [0, 0.05) is 31.6 Å². The molecule has 0 aliphatic carbocycles. The highest BCUT2D eigenvalue weighted by molar-refractivity contribution is 5.92. The predicted octanol–water partition coefficient (Wildman–Crippen LogP) is 5.05. The lowest BCUT2D eigenvalue weighted by atomic mass is 9.96. The number of furan rings is 1. The zero-order chi connectivity index (χ0) is 23.5. The number of hydrogen-bond acceptors (Lipinski definition) is 4. The summed E-state index contributed by atoms with van der Waals surface area (Å²) < 4.78 is 5.98. The Bertz CT molecular complexity index is 1080. The molecule has 2 aliphatic rings. The second-order valence-corrected chi connectivity index (χ2v) is 9.82. The van der Waals surface area contributed by atoms with Crippen LogP contribution in [0.2, 0.25) is 0 Å². The second-order valence-electron chi connectivity index (χ2n) is 9.82. The summed E-state index contributed by atoms with van der Waals surface area (Å²) in [5, 5.41) is 3.18. The minimum absolute atomic E-state index is 0.0109. The van der Waals surface area contributed by atoms with Gasteiger partial charge in [-0.2, -0.15) is 0 Å². The van der Waals surface area contributed by atoms with E-state index in [4.69, 9.17) is 4.42 Å². The van der Waals surface area contributed by atoms with Gasteiger partial charge in [-0.25, -0.2) is 0 Å². The Morgan fingerprint density at radius 2 is 1.65 bits per heavy atom. The lowest BCUT2D eigenvalue weighted by Gasteiger charge is -2.28. The molecular weight excluding hydrogens is 422 g/mol. The van der Waals surface area contributed by atoms with Crippen molar-refractivity contribution in [2.45, 2.75) is 43.7 Å². The van der Waals surface area contributed by atoms with E-state index in [1.54, 1.807) is 0 Å². The Kier molecular flexibility index (Phi) is 6.84. The van der Waals surface area contributed by atoms with E-state index >= 15 is 0 Å². The molecule has 1 amide bonds. The van der Waals surface area contributed by atoms with Gasteiger partial charge in [-0.3, -0.25) is 4.79 Å². The number of likely N-dealkylation sites (tertiary alicyclic amines) is 2. The number of rotatable bonds is 7. The molecule has 2 aliphatic heterocycles. The van der Waals surface area contributed by atoms with Crippen molar-refractivity contribution >= 4 is 5.91 Å². The standard InChI is InChI=1S/C29H35N3O2/c1-21(30-2)27-13-14-28(34-27)29(33)32-19-25(23-11-7-4-8-12-23)17-26(32)20-31-16-15-24(18-31)22-9-5-3-6-10-22/h3-14,21,24-26,30H,15-20H2,1-2H3/t21?,24-,25-,26-/m0/s1. The summed E-state index contributed by atoms with van der Waals surface area (Å²) in [6, 6.07) is 25.5. The normalized spacial score (nSPS) is 23.9. The molecule has 0 saturated carbocycles. The van der Waals surface area contributed by atoms with Crippen molar-refractivity contribution in [1.82, 2.24) is 15.1 Å². The molecule has 5 rings (SSSR count). The number of amides is 1. The fourth-order valence-corrected chi connectivity index (χ4v) is 5.58. The van der Waals surface area contributed by atoms with E-state index < -0.39 is 0 Å². The van der Waals surface area contributed by atoms with Gasteiger partial charge >= 0.3 is 0 Å². The third-order valence-corrected chi connectivity index (χ3v) is 7.66. The van der Waals surface area contributed by atoms with Gasteiger partial charge in [0.1, 0.15) is 5.76 Å². The van der Waals surface area contributed by atoms with Gasteiger partial charge in [0.25, 0.3) is 5.91 Å². The van der Waals surface area contributed by atoms with Gasteiger partial charge in [0.05, 0.1) is 6.04 Å². The third-order valence-electron chi connectivity index (χ3n) is 7.66. The van der Waals surface area contributed by atoms with Crippen LogP contribution in [0.4, 0.5) is 0 Å². The summed E-state index contributed by atoms with van der Waals surface area (Å²) in [7, 11) is 1.90. The average Bonchev–Trinajstić information content (AvgIpc) is 3.65. The van der Waals surface area contributed by atoms with Gasteiger partial charge in [-0.1, -0.05) is 60.7 Å². The van der Waals surface area contributed by atoms with Crippen LogP contribution in [0.5, 0.6) is 0 Å². The third kappa shape index (κ3) is 4.82. The quantitative estimate of drug-likeness (QED) is 0.540. The Hall–Kier alpha value is -2.89. The SMILES string of the molecule is CNC(C)c1ccc(C(=O)N2C[C@@H](c3ccccc3)C[C@H]2CN2CC[C@H](c3ccccc3)C2)o1. The van der Waals surface area contributed by atoms with E-state index in [1.165, 1.54) is 17.5 Å². The van der Waals surface area contributed by atoms with Crippen LogP contribution in [0.25, 0.3) is 0 Å². The summed E-state index contributed by atoms with van der Waals surface area (Å²) in [6.45, 7) is 5.83. The fraction of sp³-hybridized carbons (Fsp3) is 0.414. The van der Waals surface area contributed by atoms with E-state index in [9.17, 15) is 4.79 Å². The maximum Gasteiger partial charge on any atom is 0.289 e. The molecule has 3 aromatic rings. The van der Waals surface area contributed by atoms with Crippen LogP contribution in [-0.4, -0.2) is 55.0 Å². The highest BCUT2D eigenvalue weighted by atomic mass is 16.4. The van der Waals surface area contributed by atoms with Gasteiger partial charge < -0.3 is 19.5 Å². The summed E-state index contributed by atoms with van der Waals surface area (Å²) in [4.78, 5) is 18.2. The molecule has 1 aromatic heterocycles. The fourth-order valence-electron chi connectivity index (χ4n) is 5.58. The van der Waals surface area contributed by atoms with E-state index in [2.05, 4.69) is 75.8 Å². The number of nitrogens with one attached hydrogen (secondary N) is 1. The number of hydrogen-bond donors (Lipinski definition) is 1. The van der Waals surface area contributed by atoms with Crippen molar-refractivity contribution in [1.29, 1.82) is 0 Å². The molecule has 1 N–H and O–H groups in total. The van der Waals surface area contributed by atoms with Gasteiger partial charge in [-0.05, 0) is 62.5 Å². The van der Waals surface area contributed by atoms with E-state index in [0.717, 1.165) is 38.4 Å². The van der Waals surface area contributed by atoms with Gasteiger partial charge in [0.2, 0.25) is 0 Å². The molecule has 5 nitrogen and oxygen atoms in total. The van der Waals surface area contributed by atoms with Crippen molar-refractivity contribution in [3.8, 4) is 0 Å². The molecule has 2 saturated heterocycles. The molecule has 2 fully saturated rings. The molecule has 0 bridgehead atoms. The van der Waals surface area contributed by atoms with E-state index in [0.29, 0.717) is 17.6 Å². The minimum Gasteiger partial charge on any atom is -0.454 e. The Labute approximate surface area is 202 Å². The second kappa shape index (κ2) is 10.2. The first-order valence-corrected chi connectivity index (χ1v) is 12.5. The summed E-state index contributed by atoms with van der Waals surface area (Å²) >= 11 is 0. The minimum atomic E-state index is 0.0109. The van der Waals surface area contributed by atoms with Gasteiger partial charge in [-0.15, -0.1) is 0 Å². The van der Waals surface area contributed by atoms with Crippen LogP contribution < -0.4 is 5.32 Å². The molecule has 0 radical (unpaired) electrons. The molecule has 4 atom stereocenters. The van der Waals surface area contributed by atoms with Crippen LogP contribution in [0, 0.1) is 0 Å². The van der Waals surface area contributed by atoms with Crippen LogP contribution in [-0.2, 0) is 0 Å². The molecule has 1 unspecified atom stereocenters. The molecule has 178 valence electrons. The predicted molar refractivity (Wildman–Crippen MR) is 135 cm³/mol. The Morgan fingerprint density at radius 3 is 2.32 bits per heavy atom. The zero-order valence-electron chi connectivity index (χ0n) is 20.2. The molecule has 2 aromatic carbocycles. The van der Waals surface area contributed by atoms with Crippen LogP contribution in [0.1, 0.15) is 65.1 Å². The van der Waals surface area contributed by atoms with Gasteiger partial charge in [0.15, 0.2) is 5.76 Å². The van der Waals surface area contributed by atoms with Crippen LogP contribution >= 0.6 is 0 Å². The number of carbonyl (C=O) groups is 1. The van der Waals surface area contributed by atoms with Crippen molar-refractivity contribution in [2.75, 3.05) is 33.2 Å². The largest absolute Gasteiger partial charge is 0.454 e. The van der Waals surface area contributed by atoms with E-state index in [1.807, 2.05) is 26.1 Å². The average molecular weight is 458 g/mol. The van der Waals surface area contributed by atoms with Crippen molar-refractivity contribution in [3.63, 3.8) is 0 Å². The topological polar surface area (TPSA) is 48.7 Å². The van der Waals surface area contributed by atoms with Crippen LogP contribution in [0.3, 0.4) is 0 Å². The zero-order valence-corrected chi connectivity index (χ0v) is 20.2. The summed E-state index contributed by atoms with van der Waals surface area (Å²) in [5.74, 6) is 2.18. The maximum atomic E-state index is 13.6. The first-order chi connectivity index (χ1) is 16.6. The monoisotopic (exact) mass is 457 g/mol. The maximum absolute atomic E-state index is 13.6. The van der Waals surface area contributed by atoms with Crippen molar-refractivity contribution in [3.05, 3.63) is 95.4 Å². The Balaban J connectivity index is 1.33. The lowest BCUT2D eigenvalue weighted by Crippen LogP contribution is -2.42. The number of carbonyl (C=O) groups excluding carboxylic acids is 1. The van der Waals surface area contributed by atoms with E-state index in [-0.39, 0.29) is 18.0 Å². The molecule has 0 spiro atoms. The lowest BCUT2D eigenvalue weighted by molar-refractivity contribution is 0.0672. The highest BCUT2D eigenvalue weighted by Gasteiger charge is 2.39. The van der Waals surface area contributed by atoms with Crippen LogP contribution in [0.15, 0.2) is 77.2 Å². The molecule has 3 heterocycles. The first kappa shape index (κ1) is 22.9.